The Labute approximate surface area is 239 Å². The van der Waals surface area contributed by atoms with Crippen molar-refractivity contribution < 1.29 is 18.9 Å². The van der Waals surface area contributed by atoms with Crippen LogP contribution in [0.3, 0.4) is 0 Å². The van der Waals surface area contributed by atoms with Crippen LogP contribution in [0.4, 0.5) is 5.69 Å². The van der Waals surface area contributed by atoms with E-state index in [1.165, 1.54) is 34.4 Å². The average Bonchev–Trinajstić information content (AvgIpc) is 3.02. The highest BCUT2D eigenvalue weighted by Gasteiger charge is 2.26. The van der Waals surface area contributed by atoms with Gasteiger partial charge in [-0.2, -0.15) is 0 Å². The van der Waals surface area contributed by atoms with Gasteiger partial charge in [0.05, 0.1) is 6.61 Å². The Kier molecular flexibility index (Phi) is 10.3. The first-order valence-electron chi connectivity index (χ1n) is 14.8. The zero-order valence-electron chi connectivity index (χ0n) is 24.0. The van der Waals surface area contributed by atoms with E-state index < -0.39 is 0 Å². The van der Waals surface area contributed by atoms with Gasteiger partial charge in [-0.3, -0.25) is 0 Å². The lowest BCUT2D eigenvalue weighted by Gasteiger charge is -2.36. The molecule has 3 aromatic carbocycles. The van der Waals surface area contributed by atoms with E-state index in [-0.39, 0.29) is 12.6 Å². The minimum atomic E-state index is -0.107. The van der Waals surface area contributed by atoms with Crippen LogP contribution < -0.4 is 9.64 Å². The maximum absolute atomic E-state index is 6.02. The minimum Gasteiger partial charge on any atom is -0.465 e. The minimum absolute atomic E-state index is 0.103. The van der Waals surface area contributed by atoms with Crippen molar-refractivity contribution >= 4 is 17.3 Å². The molecule has 3 aromatic rings. The molecule has 0 aliphatic carbocycles. The van der Waals surface area contributed by atoms with Crippen LogP contribution in [0.25, 0.3) is 11.6 Å². The standard InChI is InChI=1S/C35H43NO4/c1-37-35(38-2)30-21-23-36(24-22-30)32-17-12-28(13-18-32)26-31(29-8-4-3-5-9-29)16-11-27-14-19-33(20-15-27)40-34-10-6-7-25-39-34/h3-5,8-9,12-15,17-20,26,30,34-35H,6-7,10-11,16,21-25H2,1-2H3/t34-/m1/s1. The van der Waals surface area contributed by atoms with Crippen molar-refractivity contribution in [3.8, 4) is 5.75 Å². The highest BCUT2D eigenvalue weighted by atomic mass is 16.7. The number of hydrogen-bond acceptors (Lipinski definition) is 5. The summed E-state index contributed by atoms with van der Waals surface area (Å²) >= 11 is 0. The fourth-order valence-electron chi connectivity index (χ4n) is 5.82. The van der Waals surface area contributed by atoms with E-state index in [2.05, 4.69) is 89.8 Å². The summed E-state index contributed by atoms with van der Waals surface area (Å²) in [5.41, 5.74) is 6.43. The van der Waals surface area contributed by atoms with Crippen molar-refractivity contribution in [2.24, 2.45) is 5.92 Å². The first-order chi connectivity index (χ1) is 19.7. The van der Waals surface area contributed by atoms with Crippen molar-refractivity contribution in [2.45, 2.75) is 57.5 Å². The fourth-order valence-corrected chi connectivity index (χ4v) is 5.82. The second-order valence-electron chi connectivity index (χ2n) is 10.8. The third kappa shape index (κ3) is 7.75. The van der Waals surface area contributed by atoms with E-state index in [4.69, 9.17) is 18.9 Å². The first kappa shape index (κ1) is 28.4. The number of benzene rings is 3. The van der Waals surface area contributed by atoms with Gasteiger partial charge in [0.15, 0.2) is 12.6 Å². The van der Waals surface area contributed by atoms with Crippen molar-refractivity contribution in [1.29, 1.82) is 0 Å². The van der Waals surface area contributed by atoms with E-state index in [1.54, 1.807) is 14.2 Å². The van der Waals surface area contributed by atoms with E-state index >= 15 is 0 Å². The van der Waals surface area contributed by atoms with Gasteiger partial charge in [-0.15, -0.1) is 0 Å². The molecule has 0 amide bonds. The number of piperidine rings is 1. The van der Waals surface area contributed by atoms with Crippen LogP contribution in [0, 0.1) is 5.92 Å². The molecule has 0 N–H and O–H groups in total. The van der Waals surface area contributed by atoms with E-state index in [0.29, 0.717) is 5.92 Å². The lowest BCUT2D eigenvalue weighted by molar-refractivity contribution is -0.141. The van der Waals surface area contributed by atoms with Gasteiger partial charge in [-0.05, 0) is 85.1 Å². The Morgan fingerprint density at radius 3 is 2.25 bits per heavy atom. The quantitative estimate of drug-likeness (QED) is 0.185. The van der Waals surface area contributed by atoms with E-state index in [1.807, 2.05) is 0 Å². The molecule has 5 nitrogen and oxygen atoms in total. The highest BCUT2D eigenvalue weighted by Crippen LogP contribution is 2.29. The highest BCUT2D eigenvalue weighted by molar-refractivity contribution is 5.82. The van der Waals surface area contributed by atoms with Crippen molar-refractivity contribution in [2.75, 3.05) is 38.8 Å². The van der Waals surface area contributed by atoms with Gasteiger partial charge >= 0.3 is 0 Å². The number of aryl methyl sites for hydroxylation is 1. The summed E-state index contributed by atoms with van der Waals surface area (Å²) in [5.74, 6) is 1.34. The van der Waals surface area contributed by atoms with Gasteiger partial charge in [0.2, 0.25) is 0 Å². The van der Waals surface area contributed by atoms with Crippen molar-refractivity contribution in [3.05, 3.63) is 95.6 Å². The second kappa shape index (κ2) is 14.5. The molecule has 0 bridgehead atoms. The van der Waals surface area contributed by atoms with Crippen LogP contribution in [-0.2, 0) is 20.6 Å². The van der Waals surface area contributed by atoms with Gasteiger partial charge in [0.1, 0.15) is 5.75 Å². The molecule has 0 radical (unpaired) electrons. The predicted octanol–water partition coefficient (Wildman–Crippen LogP) is 7.60. The molecule has 0 aromatic heterocycles. The Morgan fingerprint density at radius 1 is 0.875 bits per heavy atom. The monoisotopic (exact) mass is 541 g/mol. The molecule has 1 atom stereocenters. The van der Waals surface area contributed by atoms with Crippen LogP contribution in [0.5, 0.6) is 5.75 Å². The average molecular weight is 542 g/mol. The molecule has 0 unspecified atom stereocenters. The molecule has 2 aliphatic heterocycles. The molecule has 2 aliphatic rings. The summed E-state index contributed by atoms with van der Waals surface area (Å²) < 4.78 is 22.7. The van der Waals surface area contributed by atoms with Gasteiger partial charge in [-0.1, -0.05) is 60.7 Å². The predicted molar refractivity (Wildman–Crippen MR) is 162 cm³/mol. The Morgan fingerprint density at radius 2 is 1.60 bits per heavy atom. The first-order valence-corrected chi connectivity index (χ1v) is 14.8. The molecule has 5 rings (SSSR count). The van der Waals surface area contributed by atoms with Crippen LogP contribution in [0.1, 0.15) is 55.2 Å². The summed E-state index contributed by atoms with van der Waals surface area (Å²) in [5, 5.41) is 0. The fraction of sp³-hybridized carbons (Fsp3) is 0.429. The summed E-state index contributed by atoms with van der Waals surface area (Å²) in [6.07, 6.45) is 9.48. The normalized spacial score (nSPS) is 18.7. The third-order valence-corrected chi connectivity index (χ3v) is 8.14. The zero-order chi connectivity index (χ0) is 27.6. The lowest BCUT2D eigenvalue weighted by Crippen LogP contribution is -2.39. The largest absolute Gasteiger partial charge is 0.465 e. The number of nitrogens with zero attached hydrogens (tertiary/aromatic N) is 1. The van der Waals surface area contributed by atoms with Crippen LogP contribution in [0.2, 0.25) is 0 Å². The molecule has 212 valence electrons. The topological polar surface area (TPSA) is 40.2 Å². The number of ether oxygens (including phenoxy) is 4. The molecule has 0 saturated carbocycles. The Bertz CT molecular complexity index is 1170. The van der Waals surface area contributed by atoms with Crippen molar-refractivity contribution in [1.82, 2.24) is 0 Å². The summed E-state index contributed by atoms with van der Waals surface area (Å²) in [6.45, 7) is 2.84. The van der Waals surface area contributed by atoms with Gasteiger partial charge in [0, 0.05) is 45.3 Å². The summed E-state index contributed by atoms with van der Waals surface area (Å²) in [6, 6.07) is 28.2. The summed E-state index contributed by atoms with van der Waals surface area (Å²) in [7, 11) is 3.46. The SMILES string of the molecule is COC(OC)C1CCN(c2ccc(C=C(CCc3ccc(O[C@@H]4CCCCO4)cc3)c3ccccc3)cc2)CC1. The lowest BCUT2D eigenvalue weighted by atomic mass is 9.95. The zero-order valence-corrected chi connectivity index (χ0v) is 24.0. The van der Waals surface area contributed by atoms with E-state index in [0.717, 1.165) is 64.0 Å². The molecule has 5 heteroatoms. The van der Waals surface area contributed by atoms with Gasteiger partial charge in [0.25, 0.3) is 0 Å². The maximum atomic E-state index is 6.02. The number of rotatable bonds is 11. The van der Waals surface area contributed by atoms with Crippen LogP contribution in [-0.4, -0.2) is 46.5 Å². The Balaban J connectivity index is 1.22. The molecule has 40 heavy (non-hydrogen) atoms. The van der Waals surface area contributed by atoms with Gasteiger partial charge in [-0.25, -0.2) is 0 Å². The van der Waals surface area contributed by atoms with Crippen LogP contribution >= 0.6 is 0 Å². The molecular weight excluding hydrogens is 498 g/mol. The number of anilines is 1. The molecular formula is C35H43NO4. The molecule has 2 fully saturated rings. The number of methoxy groups -OCH3 is 2. The molecule has 2 saturated heterocycles. The van der Waals surface area contributed by atoms with Gasteiger partial charge < -0.3 is 23.8 Å². The number of allylic oxidation sites excluding steroid dienone is 1. The third-order valence-electron chi connectivity index (χ3n) is 8.14. The smallest absolute Gasteiger partial charge is 0.199 e. The summed E-state index contributed by atoms with van der Waals surface area (Å²) in [4.78, 5) is 2.47. The molecule has 0 spiro atoms. The van der Waals surface area contributed by atoms with E-state index in [9.17, 15) is 0 Å². The maximum Gasteiger partial charge on any atom is 0.199 e. The van der Waals surface area contributed by atoms with Crippen LogP contribution in [0.15, 0.2) is 78.9 Å². The van der Waals surface area contributed by atoms with Crippen molar-refractivity contribution in [3.63, 3.8) is 0 Å². The second-order valence-corrected chi connectivity index (χ2v) is 10.8. The Hall–Kier alpha value is -3.12. The number of hydrogen-bond donors (Lipinski definition) is 0. The molecule has 2 heterocycles.